The molecule has 0 aromatic heterocycles. The summed E-state index contributed by atoms with van der Waals surface area (Å²) in [6.07, 6.45) is 0. The second kappa shape index (κ2) is 3.53. The SMILES string of the molecule is [Cu+3].[O-][Si]([O-])([O-])OO. The van der Waals surface area contributed by atoms with Gasteiger partial charge in [0.05, 0.1) is 0 Å². The van der Waals surface area contributed by atoms with Gasteiger partial charge in [0.2, 0.25) is 0 Å². The first kappa shape index (κ1) is 10.5. The van der Waals surface area contributed by atoms with Gasteiger partial charge < -0.3 is 19.0 Å². The van der Waals surface area contributed by atoms with Crippen LogP contribution in [0.5, 0.6) is 0 Å². The topological polar surface area (TPSA) is 98.6 Å². The second-order valence-electron chi connectivity index (χ2n) is 0.591. The third-order valence-corrected chi connectivity index (χ3v) is 0.335. The third-order valence-electron chi connectivity index (χ3n) is 0.112. The van der Waals surface area contributed by atoms with E-state index in [-0.39, 0.29) is 17.1 Å². The molecule has 0 aliphatic heterocycles. The van der Waals surface area contributed by atoms with E-state index in [0.717, 1.165) is 0 Å². The van der Waals surface area contributed by atoms with Gasteiger partial charge in [-0.3, -0.25) is 5.26 Å². The summed E-state index contributed by atoms with van der Waals surface area (Å²) in [4.78, 5) is 27.1. The molecule has 0 aliphatic rings. The van der Waals surface area contributed by atoms with Crippen molar-refractivity contribution in [1.29, 1.82) is 0 Å². The van der Waals surface area contributed by atoms with E-state index < -0.39 is 9.05 Å². The standard InChI is InChI=1S/Cu.HO5Si/c;1-5-6(2,3)4/h;1H/q+3;-3. The van der Waals surface area contributed by atoms with E-state index >= 15 is 0 Å². The van der Waals surface area contributed by atoms with E-state index in [1.54, 1.807) is 0 Å². The summed E-state index contributed by atoms with van der Waals surface area (Å²) in [6, 6.07) is 0. The zero-order valence-electron chi connectivity index (χ0n) is 2.88. The van der Waals surface area contributed by atoms with E-state index in [0.29, 0.717) is 0 Å². The Morgan fingerprint density at radius 3 is 1.43 bits per heavy atom. The van der Waals surface area contributed by atoms with E-state index in [2.05, 4.69) is 4.58 Å². The van der Waals surface area contributed by atoms with Crippen LogP contribution >= 0.6 is 0 Å². The summed E-state index contributed by atoms with van der Waals surface area (Å²) in [5.41, 5.74) is 0. The smallest absolute Gasteiger partial charge is 0.859 e. The molecule has 46 valence electrons. The number of hydrogen-bond donors (Lipinski definition) is 1. The predicted octanol–water partition coefficient (Wildman–Crippen LogP) is -4.01. The molecule has 0 radical (unpaired) electrons. The van der Waals surface area contributed by atoms with E-state index in [1.165, 1.54) is 0 Å². The first-order chi connectivity index (χ1) is 2.56. The first-order valence-electron chi connectivity index (χ1n) is 0.999. The van der Waals surface area contributed by atoms with Gasteiger partial charge in [0.15, 0.2) is 0 Å². The van der Waals surface area contributed by atoms with Gasteiger partial charge in [-0.05, 0) is 0 Å². The zero-order chi connectivity index (χ0) is 5.21. The molecule has 0 saturated heterocycles. The van der Waals surface area contributed by atoms with Gasteiger partial charge in [0, 0.05) is 0 Å². The minimum atomic E-state index is -5.33. The molecule has 1 N–H and O–H groups in total. The van der Waals surface area contributed by atoms with Crippen molar-refractivity contribution in [1.82, 2.24) is 0 Å². The molecule has 0 amide bonds. The van der Waals surface area contributed by atoms with E-state index in [1.807, 2.05) is 0 Å². The molecule has 0 atom stereocenters. The Morgan fingerprint density at radius 1 is 1.29 bits per heavy atom. The van der Waals surface area contributed by atoms with Gasteiger partial charge in [0.25, 0.3) is 0 Å². The fraction of sp³-hybridized carbons (Fsp3) is 0. The molecule has 0 bridgehead atoms. The van der Waals surface area contributed by atoms with Crippen LogP contribution in [-0.2, 0) is 21.6 Å². The van der Waals surface area contributed by atoms with E-state index in [4.69, 9.17) is 19.6 Å². The van der Waals surface area contributed by atoms with Crippen molar-refractivity contribution < 1.29 is 41.3 Å². The minimum Gasteiger partial charge on any atom is -0.859 e. The average Bonchev–Trinajstić information content (AvgIpc) is 1.35. The normalized spacial score (nSPS) is 10.3. The van der Waals surface area contributed by atoms with Gasteiger partial charge in [0.1, 0.15) is 0 Å². The Labute approximate surface area is 51.1 Å². The second-order valence-corrected chi connectivity index (χ2v) is 1.77. The molecule has 0 rings (SSSR count). The Morgan fingerprint density at radius 2 is 1.43 bits per heavy atom. The van der Waals surface area contributed by atoms with Crippen molar-refractivity contribution in [2.24, 2.45) is 0 Å². The van der Waals surface area contributed by atoms with Crippen LogP contribution in [0.2, 0.25) is 0 Å². The Balaban J connectivity index is 0. The Kier molecular flexibility index (Phi) is 5.29. The Hall–Kier alpha value is 0.536. The quantitative estimate of drug-likeness (QED) is 0.247. The van der Waals surface area contributed by atoms with Crippen LogP contribution in [0, 0.1) is 0 Å². The molecule has 0 fully saturated rings. The number of rotatable bonds is 1. The van der Waals surface area contributed by atoms with Crippen LogP contribution in [0.3, 0.4) is 0 Å². The van der Waals surface area contributed by atoms with Crippen molar-refractivity contribution in [3.63, 3.8) is 0 Å². The molecule has 5 nitrogen and oxygen atoms in total. The fourth-order valence-electron chi connectivity index (χ4n) is 0. The van der Waals surface area contributed by atoms with Crippen molar-refractivity contribution in [3.8, 4) is 0 Å². The molecule has 0 unspecified atom stereocenters. The largest absolute Gasteiger partial charge is 3.00 e. The summed E-state index contributed by atoms with van der Waals surface area (Å²) >= 11 is 0. The molecular weight excluding hydrogens is 172 g/mol. The van der Waals surface area contributed by atoms with Crippen molar-refractivity contribution in [3.05, 3.63) is 0 Å². The molecule has 0 aromatic rings. The molecule has 0 spiro atoms. The summed E-state index contributed by atoms with van der Waals surface area (Å²) in [5, 5.41) is 7.03. The van der Waals surface area contributed by atoms with Crippen LogP contribution in [0.4, 0.5) is 0 Å². The van der Waals surface area contributed by atoms with Crippen molar-refractivity contribution in [2.45, 2.75) is 0 Å². The third kappa shape index (κ3) is 10.8. The zero-order valence-corrected chi connectivity index (χ0v) is 4.82. The van der Waals surface area contributed by atoms with Crippen LogP contribution < -0.4 is 14.4 Å². The fourth-order valence-corrected chi connectivity index (χ4v) is 0. The van der Waals surface area contributed by atoms with Crippen LogP contribution in [0.25, 0.3) is 0 Å². The van der Waals surface area contributed by atoms with Gasteiger partial charge in [-0.15, -0.1) is 0 Å². The van der Waals surface area contributed by atoms with Crippen LogP contribution in [-0.4, -0.2) is 14.3 Å². The predicted molar refractivity (Wildman–Crippen MR) is 9.47 cm³/mol. The van der Waals surface area contributed by atoms with Gasteiger partial charge in [-0.1, -0.05) is 9.05 Å². The summed E-state index contributed by atoms with van der Waals surface area (Å²) in [6.45, 7) is 0. The van der Waals surface area contributed by atoms with Crippen LogP contribution in [0.15, 0.2) is 0 Å². The van der Waals surface area contributed by atoms with Crippen molar-refractivity contribution in [2.75, 3.05) is 0 Å². The van der Waals surface area contributed by atoms with Gasteiger partial charge >= 0.3 is 17.1 Å². The summed E-state index contributed by atoms with van der Waals surface area (Å²) in [7, 11) is -5.33. The molecule has 0 heterocycles. The average molecular weight is 173 g/mol. The molecule has 0 aliphatic carbocycles. The maximum absolute atomic E-state index is 9.03. The van der Waals surface area contributed by atoms with Gasteiger partial charge in [-0.2, -0.15) is 0 Å². The van der Waals surface area contributed by atoms with E-state index in [9.17, 15) is 0 Å². The molecule has 7 heteroatoms. The molecule has 0 aromatic carbocycles. The molecular formula is HCuO5Si. The summed E-state index contributed by atoms with van der Waals surface area (Å²) in [5.74, 6) is 0. The molecule has 7 heavy (non-hydrogen) atoms. The maximum Gasteiger partial charge on any atom is 3.00 e. The maximum atomic E-state index is 9.03. The van der Waals surface area contributed by atoms with Crippen LogP contribution in [0.1, 0.15) is 0 Å². The molecule has 0 saturated carbocycles. The number of hydrogen-bond acceptors (Lipinski definition) is 5. The minimum absolute atomic E-state index is 0. The van der Waals surface area contributed by atoms with Gasteiger partial charge in [-0.25, -0.2) is 0 Å². The summed E-state index contributed by atoms with van der Waals surface area (Å²) < 4.78 is 2.41. The van der Waals surface area contributed by atoms with Crippen molar-refractivity contribution >= 4 is 9.05 Å². The monoisotopic (exact) mass is 172 g/mol. The Bertz CT molecular complexity index is 37.8. The first-order valence-corrected chi connectivity index (χ1v) is 2.63.